The molecule has 2 N–H and O–H groups in total. The van der Waals surface area contributed by atoms with Crippen molar-refractivity contribution in [3.8, 4) is 11.3 Å². The van der Waals surface area contributed by atoms with Crippen molar-refractivity contribution in [3.63, 3.8) is 0 Å². The molecule has 2 aromatic carbocycles. The molecule has 8 heteroatoms. The number of hydrogen-bond donors (Lipinski definition) is 2. The summed E-state index contributed by atoms with van der Waals surface area (Å²) in [5.74, 6) is -0.423. The summed E-state index contributed by atoms with van der Waals surface area (Å²) in [6.45, 7) is 0. The molecule has 4 aromatic rings. The van der Waals surface area contributed by atoms with E-state index in [1.54, 1.807) is 42.6 Å². The van der Waals surface area contributed by atoms with E-state index in [2.05, 4.69) is 20.6 Å². The lowest BCUT2D eigenvalue weighted by Crippen LogP contribution is -2.14. The van der Waals surface area contributed by atoms with Crippen LogP contribution >= 0.6 is 22.9 Å². The second kappa shape index (κ2) is 8.38. The van der Waals surface area contributed by atoms with Crippen molar-refractivity contribution in [3.05, 3.63) is 88.6 Å². The number of carbonyl (C=O) groups excluding carboxylic acids is 1. The van der Waals surface area contributed by atoms with Crippen LogP contribution in [0.4, 0.5) is 21.0 Å². The molecule has 2 heterocycles. The van der Waals surface area contributed by atoms with Gasteiger partial charge in [0.15, 0.2) is 5.13 Å². The van der Waals surface area contributed by atoms with E-state index in [1.165, 1.54) is 23.5 Å². The van der Waals surface area contributed by atoms with E-state index in [4.69, 9.17) is 11.6 Å². The number of halogens is 2. The number of rotatable bonds is 5. The molecule has 0 spiro atoms. The van der Waals surface area contributed by atoms with Crippen LogP contribution in [0, 0.1) is 5.82 Å². The number of pyridine rings is 1. The molecule has 0 fully saturated rings. The van der Waals surface area contributed by atoms with Crippen molar-refractivity contribution in [2.45, 2.75) is 0 Å². The van der Waals surface area contributed by atoms with Crippen LogP contribution in [0.5, 0.6) is 0 Å². The molecular weight excluding hydrogens is 411 g/mol. The third-order valence-electron chi connectivity index (χ3n) is 4.00. The predicted octanol–water partition coefficient (Wildman–Crippen LogP) is 5.99. The molecule has 2 aromatic heterocycles. The first-order valence-electron chi connectivity index (χ1n) is 8.59. The normalized spacial score (nSPS) is 10.6. The first kappa shape index (κ1) is 19.0. The number of nitrogens with zero attached hydrogens (tertiary/aromatic N) is 2. The summed E-state index contributed by atoms with van der Waals surface area (Å²) >= 11 is 7.23. The van der Waals surface area contributed by atoms with Gasteiger partial charge in [-0.1, -0.05) is 29.8 Å². The van der Waals surface area contributed by atoms with E-state index in [-0.39, 0.29) is 11.7 Å². The maximum absolute atomic E-state index is 13.4. The zero-order valence-corrected chi connectivity index (χ0v) is 16.5. The standard InChI is InChI=1S/C21H14ClFN4OS/c22-14-8-6-13(7-9-14)18-12-29-21(26-18)27-20(28)17-5-2-10-24-19(17)25-16-4-1-3-15(23)11-16/h1-12H,(H,24,25)(H,26,27,28). The van der Waals surface area contributed by atoms with Gasteiger partial charge in [-0.15, -0.1) is 11.3 Å². The monoisotopic (exact) mass is 424 g/mol. The van der Waals surface area contributed by atoms with Gasteiger partial charge in [-0.2, -0.15) is 0 Å². The zero-order chi connectivity index (χ0) is 20.2. The minimum atomic E-state index is -0.380. The molecule has 0 bridgehead atoms. The maximum atomic E-state index is 13.4. The minimum absolute atomic E-state index is 0.319. The molecule has 0 aliphatic carbocycles. The summed E-state index contributed by atoms with van der Waals surface area (Å²) in [4.78, 5) is 21.4. The number of nitrogens with one attached hydrogen (secondary N) is 2. The van der Waals surface area contributed by atoms with Crippen molar-refractivity contribution in [1.82, 2.24) is 9.97 Å². The quantitative estimate of drug-likeness (QED) is 0.412. The van der Waals surface area contributed by atoms with E-state index in [0.29, 0.717) is 27.2 Å². The lowest BCUT2D eigenvalue weighted by Gasteiger charge is -2.10. The summed E-state index contributed by atoms with van der Waals surface area (Å²) in [5, 5.41) is 8.72. The van der Waals surface area contributed by atoms with Gasteiger partial charge in [0.1, 0.15) is 11.6 Å². The molecule has 0 unspecified atom stereocenters. The third-order valence-corrected chi connectivity index (χ3v) is 5.01. The molecule has 5 nitrogen and oxygen atoms in total. The molecule has 0 radical (unpaired) electrons. The van der Waals surface area contributed by atoms with Gasteiger partial charge in [-0.25, -0.2) is 14.4 Å². The predicted molar refractivity (Wildman–Crippen MR) is 114 cm³/mol. The molecule has 144 valence electrons. The Kier molecular flexibility index (Phi) is 5.50. The Hall–Kier alpha value is -3.29. The van der Waals surface area contributed by atoms with Crippen LogP contribution in [0.2, 0.25) is 5.02 Å². The van der Waals surface area contributed by atoms with Gasteiger partial charge in [0.05, 0.1) is 11.3 Å². The van der Waals surface area contributed by atoms with E-state index < -0.39 is 0 Å². The molecule has 0 saturated heterocycles. The van der Waals surface area contributed by atoms with Crippen LogP contribution < -0.4 is 10.6 Å². The number of amides is 1. The van der Waals surface area contributed by atoms with Crippen LogP contribution in [-0.2, 0) is 0 Å². The highest BCUT2D eigenvalue weighted by molar-refractivity contribution is 7.14. The number of thiazole rings is 1. The first-order chi connectivity index (χ1) is 14.1. The van der Waals surface area contributed by atoms with Crippen LogP contribution in [0.3, 0.4) is 0 Å². The number of hydrogen-bond acceptors (Lipinski definition) is 5. The molecule has 0 atom stereocenters. The van der Waals surface area contributed by atoms with Crippen LogP contribution in [0.1, 0.15) is 10.4 Å². The van der Waals surface area contributed by atoms with Crippen molar-refractivity contribution in [2.24, 2.45) is 0 Å². The van der Waals surface area contributed by atoms with Crippen LogP contribution in [0.15, 0.2) is 72.2 Å². The Morgan fingerprint density at radius 2 is 1.90 bits per heavy atom. The summed E-state index contributed by atoms with van der Waals surface area (Å²) in [7, 11) is 0. The molecular formula is C21H14ClFN4OS. The largest absolute Gasteiger partial charge is 0.339 e. The van der Waals surface area contributed by atoms with E-state index in [1.807, 2.05) is 17.5 Å². The second-order valence-corrected chi connectivity index (χ2v) is 7.33. The Morgan fingerprint density at radius 1 is 1.07 bits per heavy atom. The van der Waals surface area contributed by atoms with Crippen molar-refractivity contribution in [1.29, 1.82) is 0 Å². The highest BCUT2D eigenvalue weighted by Gasteiger charge is 2.15. The van der Waals surface area contributed by atoms with Crippen LogP contribution in [0.25, 0.3) is 11.3 Å². The number of carbonyl (C=O) groups is 1. The average Bonchev–Trinajstić information content (AvgIpc) is 3.17. The highest BCUT2D eigenvalue weighted by Crippen LogP contribution is 2.27. The Balaban J connectivity index is 1.53. The fourth-order valence-electron chi connectivity index (χ4n) is 2.64. The Bertz CT molecular complexity index is 1160. The highest BCUT2D eigenvalue weighted by atomic mass is 35.5. The molecule has 0 aliphatic heterocycles. The number of aromatic nitrogens is 2. The van der Waals surface area contributed by atoms with Crippen LogP contribution in [-0.4, -0.2) is 15.9 Å². The number of benzene rings is 2. The molecule has 0 saturated carbocycles. The van der Waals surface area contributed by atoms with E-state index >= 15 is 0 Å². The molecule has 1 amide bonds. The number of anilines is 3. The Morgan fingerprint density at radius 3 is 2.69 bits per heavy atom. The van der Waals surface area contributed by atoms with Crippen molar-refractivity contribution >= 4 is 45.5 Å². The molecule has 4 rings (SSSR count). The smallest absolute Gasteiger partial charge is 0.261 e. The Labute approximate surface area is 175 Å². The summed E-state index contributed by atoms with van der Waals surface area (Å²) in [6, 6.07) is 16.5. The molecule has 0 aliphatic rings. The maximum Gasteiger partial charge on any atom is 0.261 e. The topological polar surface area (TPSA) is 66.9 Å². The average molecular weight is 425 g/mol. The van der Waals surface area contributed by atoms with Crippen molar-refractivity contribution in [2.75, 3.05) is 10.6 Å². The van der Waals surface area contributed by atoms with Gasteiger partial charge in [0.2, 0.25) is 0 Å². The van der Waals surface area contributed by atoms with Gasteiger partial charge >= 0.3 is 0 Å². The first-order valence-corrected chi connectivity index (χ1v) is 9.85. The molecule has 29 heavy (non-hydrogen) atoms. The summed E-state index contributed by atoms with van der Waals surface area (Å²) in [6.07, 6.45) is 1.56. The van der Waals surface area contributed by atoms with E-state index in [0.717, 1.165) is 11.3 Å². The lowest BCUT2D eigenvalue weighted by molar-refractivity contribution is 0.102. The van der Waals surface area contributed by atoms with Gasteiger partial charge in [0, 0.05) is 27.9 Å². The third kappa shape index (κ3) is 4.59. The SMILES string of the molecule is O=C(Nc1nc(-c2ccc(Cl)cc2)cs1)c1cccnc1Nc1cccc(F)c1. The van der Waals surface area contributed by atoms with Gasteiger partial charge in [0.25, 0.3) is 5.91 Å². The zero-order valence-electron chi connectivity index (χ0n) is 14.9. The van der Waals surface area contributed by atoms with Crippen molar-refractivity contribution < 1.29 is 9.18 Å². The van der Waals surface area contributed by atoms with Gasteiger partial charge in [-0.05, 0) is 42.5 Å². The fourth-order valence-corrected chi connectivity index (χ4v) is 3.48. The minimum Gasteiger partial charge on any atom is -0.339 e. The van der Waals surface area contributed by atoms with E-state index in [9.17, 15) is 9.18 Å². The van der Waals surface area contributed by atoms with Gasteiger partial charge < -0.3 is 5.32 Å². The lowest BCUT2D eigenvalue weighted by atomic mass is 10.2. The fraction of sp³-hybridized carbons (Fsp3) is 0. The summed E-state index contributed by atoms with van der Waals surface area (Å²) < 4.78 is 13.4. The van der Waals surface area contributed by atoms with Gasteiger partial charge in [-0.3, -0.25) is 10.1 Å². The summed E-state index contributed by atoms with van der Waals surface area (Å²) in [5.41, 5.74) is 2.46. The second-order valence-electron chi connectivity index (χ2n) is 6.03.